The molecule has 3 N–H and O–H groups in total. The Morgan fingerprint density at radius 3 is 2.30 bits per heavy atom. The second kappa shape index (κ2) is 9.20. The first-order valence-corrected chi connectivity index (χ1v) is 7.20. The van der Waals surface area contributed by atoms with Crippen LogP contribution in [0.2, 0.25) is 0 Å². The van der Waals surface area contributed by atoms with Gasteiger partial charge in [-0.3, -0.25) is 0 Å². The van der Waals surface area contributed by atoms with Gasteiger partial charge in [-0.15, -0.1) is 0 Å². The monoisotopic (exact) mass is 278 g/mol. The van der Waals surface area contributed by atoms with Crippen molar-refractivity contribution in [3.05, 3.63) is 30.3 Å². The van der Waals surface area contributed by atoms with Crippen LogP contribution in [-0.2, 0) is 0 Å². The van der Waals surface area contributed by atoms with Gasteiger partial charge in [-0.2, -0.15) is 0 Å². The van der Waals surface area contributed by atoms with Crippen LogP contribution in [0.5, 0.6) is 0 Å². The molecular formula is C15H26N4O. The lowest BCUT2D eigenvalue weighted by Gasteiger charge is -2.28. The van der Waals surface area contributed by atoms with Crippen LogP contribution in [0.1, 0.15) is 20.3 Å². The molecule has 0 fully saturated rings. The third kappa shape index (κ3) is 5.48. The number of para-hydroxylation sites is 1. The SMILES string of the molecule is CCN(CC)CCN(CC/C(N)=N/O)c1ccccc1. The van der Waals surface area contributed by atoms with Crippen molar-refractivity contribution in [1.29, 1.82) is 0 Å². The van der Waals surface area contributed by atoms with E-state index in [0.29, 0.717) is 6.42 Å². The first-order valence-electron chi connectivity index (χ1n) is 7.20. The lowest BCUT2D eigenvalue weighted by molar-refractivity contribution is 0.309. The molecule has 0 atom stereocenters. The number of benzene rings is 1. The zero-order valence-electron chi connectivity index (χ0n) is 12.5. The molecule has 0 aromatic heterocycles. The Labute approximate surface area is 121 Å². The maximum Gasteiger partial charge on any atom is 0.140 e. The van der Waals surface area contributed by atoms with Gasteiger partial charge < -0.3 is 20.7 Å². The lowest BCUT2D eigenvalue weighted by Crippen LogP contribution is -2.36. The minimum absolute atomic E-state index is 0.272. The number of nitrogens with zero attached hydrogens (tertiary/aromatic N) is 3. The summed E-state index contributed by atoms with van der Waals surface area (Å²) in [6, 6.07) is 10.3. The van der Waals surface area contributed by atoms with Crippen LogP contribution in [0, 0.1) is 0 Å². The number of amidine groups is 1. The van der Waals surface area contributed by atoms with Gasteiger partial charge in [0.25, 0.3) is 0 Å². The highest BCUT2D eigenvalue weighted by atomic mass is 16.4. The van der Waals surface area contributed by atoms with Crippen molar-refractivity contribution >= 4 is 11.5 Å². The molecule has 112 valence electrons. The van der Waals surface area contributed by atoms with Crippen molar-refractivity contribution in [1.82, 2.24) is 4.90 Å². The molecule has 1 rings (SSSR count). The first kappa shape index (κ1) is 16.3. The molecule has 0 aliphatic carbocycles. The van der Waals surface area contributed by atoms with Crippen LogP contribution in [-0.4, -0.2) is 48.7 Å². The molecular weight excluding hydrogens is 252 g/mol. The quantitative estimate of drug-likeness (QED) is 0.314. The number of likely N-dealkylation sites (N-methyl/N-ethyl adjacent to an activating group) is 1. The predicted molar refractivity (Wildman–Crippen MR) is 84.5 cm³/mol. The van der Waals surface area contributed by atoms with Crippen LogP contribution in [0.4, 0.5) is 5.69 Å². The van der Waals surface area contributed by atoms with E-state index in [1.54, 1.807) is 0 Å². The van der Waals surface area contributed by atoms with Gasteiger partial charge >= 0.3 is 0 Å². The molecule has 20 heavy (non-hydrogen) atoms. The number of hydrogen-bond donors (Lipinski definition) is 2. The second-order valence-electron chi connectivity index (χ2n) is 4.69. The molecule has 0 aliphatic rings. The van der Waals surface area contributed by atoms with Crippen LogP contribution in [0.25, 0.3) is 0 Å². The molecule has 1 aromatic carbocycles. The fourth-order valence-corrected chi connectivity index (χ4v) is 2.11. The number of nitrogens with two attached hydrogens (primary N) is 1. The number of rotatable bonds is 9. The largest absolute Gasteiger partial charge is 0.409 e. The van der Waals surface area contributed by atoms with E-state index < -0.39 is 0 Å². The molecule has 1 aromatic rings. The average Bonchev–Trinajstić information content (AvgIpc) is 2.51. The highest BCUT2D eigenvalue weighted by Crippen LogP contribution is 2.13. The maximum atomic E-state index is 8.65. The summed E-state index contributed by atoms with van der Waals surface area (Å²) in [4.78, 5) is 4.66. The predicted octanol–water partition coefficient (Wildman–Crippen LogP) is 1.97. The zero-order valence-corrected chi connectivity index (χ0v) is 12.5. The molecule has 0 radical (unpaired) electrons. The molecule has 0 aliphatic heterocycles. The van der Waals surface area contributed by atoms with E-state index in [1.165, 1.54) is 5.69 Å². The van der Waals surface area contributed by atoms with E-state index in [4.69, 9.17) is 10.9 Å². The highest BCUT2D eigenvalue weighted by molar-refractivity contribution is 5.80. The highest BCUT2D eigenvalue weighted by Gasteiger charge is 2.09. The van der Waals surface area contributed by atoms with E-state index in [0.717, 1.165) is 32.7 Å². The van der Waals surface area contributed by atoms with E-state index >= 15 is 0 Å². The third-order valence-electron chi connectivity index (χ3n) is 3.47. The van der Waals surface area contributed by atoms with Gasteiger partial charge in [-0.05, 0) is 25.2 Å². The molecule has 5 nitrogen and oxygen atoms in total. The summed E-state index contributed by atoms with van der Waals surface area (Å²) in [5.41, 5.74) is 6.74. The number of oxime groups is 1. The lowest BCUT2D eigenvalue weighted by atomic mass is 10.2. The molecule has 0 unspecified atom stereocenters. The fraction of sp³-hybridized carbons (Fsp3) is 0.533. The summed E-state index contributed by atoms with van der Waals surface area (Å²) in [5, 5.41) is 11.7. The summed E-state index contributed by atoms with van der Waals surface area (Å²) < 4.78 is 0. The molecule has 0 amide bonds. The Hall–Kier alpha value is -1.75. The minimum atomic E-state index is 0.272. The van der Waals surface area contributed by atoms with Crippen LogP contribution in [0.15, 0.2) is 35.5 Å². The second-order valence-corrected chi connectivity index (χ2v) is 4.69. The Bertz CT molecular complexity index is 390. The zero-order chi connectivity index (χ0) is 14.8. The summed E-state index contributed by atoms with van der Waals surface area (Å²) in [6.45, 7) is 9.15. The minimum Gasteiger partial charge on any atom is -0.409 e. The Balaban J connectivity index is 2.64. The smallest absolute Gasteiger partial charge is 0.140 e. The summed E-state index contributed by atoms with van der Waals surface area (Å²) in [7, 11) is 0. The van der Waals surface area contributed by atoms with Gasteiger partial charge in [-0.25, -0.2) is 0 Å². The van der Waals surface area contributed by atoms with Gasteiger partial charge in [0.05, 0.1) is 0 Å². The topological polar surface area (TPSA) is 65.1 Å². The molecule has 5 heteroatoms. The Kier molecular flexibility index (Phi) is 7.50. The number of hydrogen-bond acceptors (Lipinski definition) is 4. The van der Waals surface area contributed by atoms with Crippen molar-refractivity contribution in [2.24, 2.45) is 10.9 Å². The van der Waals surface area contributed by atoms with Gasteiger partial charge in [0.2, 0.25) is 0 Å². The van der Waals surface area contributed by atoms with E-state index in [9.17, 15) is 0 Å². The van der Waals surface area contributed by atoms with Crippen molar-refractivity contribution < 1.29 is 5.21 Å². The summed E-state index contributed by atoms with van der Waals surface area (Å²) >= 11 is 0. The molecule has 0 saturated carbocycles. The first-order chi connectivity index (χ1) is 9.71. The number of anilines is 1. The van der Waals surface area contributed by atoms with E-state index in [1.807, 2.05) is 18.2 Å². The molecule has 0 bridgehead atoms. The molecule has 0 heterocycles. The van der Waals surface area contributed by atoms with Crippen molar-refractivity contribution in [3.8, 4) is 0 Å². The standard InChI is InChI=1S/C15H26N4O/c1-3-18(4-2)12-13-19(11-10-15(16)17-20)14-8-6-5-7-9-14/h5-9,20H,3-4,10-13H2,1-2H3,(H2,16,17). The normalized spacial score (nSPS) is 11.8. The Morgan fingerprint density at radius 1 is 1.10 bits per heavy atom. The van der Waals surface area contributed by atoms with Gasteiger partial charge in [0.1, 0.15) is 5.84 Å². The van der Waals surface area contributed by atoms with Crippen molar-refractivity contribution in [2.75, 3.05) is 37.6 Å². The Morgan fingerprint density at radius 2 is 1.75 bits per heavy atom. The van der Waals surface area contributed by atoms with E-state index in [-0.39, 0.29) is 5.84 Å². The maximum absolute atomic E-state index is 8.65. The van der Waals surface area contributed by atoms with Gasteiger partial charge in [-0.1, -0.05) is 37.2 Å². The van der Waals surface area contributed by atoms with Crippen molar-refractivity contribution in [2.45, 2.75) is 20.3 Å². The van der Waals surface area contributed by atoms with Crippen LogP contribution >= 0.6 is 0 Å². The van der Waals surface area contributed by atoms with E-state index in [2.05, 4.69) is 40.9 Å². The summed E-state index contributed by atoms with van der Waals surface area (Å²) in [5.74, 6) is 0.272. The third-order valence-corrected chi connectivity index (χ3v) is 3.47. The van der Waals surface area contributed by atoms with Gasteiger partial charge in [0.15, 0.2) is 0 Å². The fourth-order valence-electron chi connectivity index (χ4n) is 2.11. The van der Waals surface area contributed by atoms with Crippen LogP contribution in [0.3, 0.4) is 0 Å². The molecule has 0 spiro atoms. The summed E-state index contributed by atoms with van der Waals surface area (Å²) in [6.07, 6.45) is 0.559. The average molecular weight is 278 g/mol. The van der Waals surface area contributed by atoms with Crippen molar-refractivity contribution in [3.63, 3.8) is 0 Å². The molecule has 0 saturated heterocycles. The van der Waals surface area contributed by atoms with Crippen LogP contribution < -0.4 is 10.6 Å². The van der Waals surface area contributed by atoms with Gasteiger partial charge in [0, 0.05) is 31.7 Å².